The van der Waals surface area contributed by atoms with Gasteiger partial charge >= 0.3 is 0 Å². The SMILES string of the molecule is CNCC(=O)N1CCN(CC(=O)NC2CC2)CC1.Cl. The van der Waals surface area contributed by atoms with Gasteiger partial charge in [0.15, 0.2) is 0 Å². The number of likely N-dealkylation sites (N-methyl/N-ethyl adjacent to an activating group) is 1. The van der Waals surface area contributed by atoms with Gasteiger partial charge in [0, 0.05) is 32.2 Å². The molecule has 1 aliphatic heterocycles. The highest BCUT2D eigenvalue weighted by Crippen LogP contribution is 2.18. The lowest BCUT2D eigenvalue weighted by Crippen LogP contribution is -2.52. The van der Waals surface area contributed by atoms with Gasteiger partial charge in [0.25, 0.3) is 0 Å². The molecule has 6 nitrogen and oxygen atoms in total. The molecule has 0 unspecified atom stereocenters. The average molecular weight is 291 g/mol. The van der Waals surface area contributed by atoms with Crippen LogP contribution in [0, 0.1) is 0 Å². The summed E-state index contributed by atoms with van der Waals surface area (Å²) in [6.07, 6.45) is 2.25. The van der Waals surface area contributed by atoms with Gasteiger partial charge in [-0.05, 0) is 19.9 Å². The van der Waals surface area contributed by atoms with Crippen LogP contribution in [0.2, 0.25) is 0 Å². The van der Waals surface area contributed by atoms with Gasteiger partial charge in [-0.1, -0.05) is 0 Å². The molecule has 2 N–H and O–H groups in total. The average Bonchev–Trinajstić information content (AvgIpc) is 3.14. The summed E-state index contributed by atoms with van der Waals surface area (Å²) in [7, 11) is 1.77. The maximum absolute atomic E-state index is 11.6. The summed E-state index contributed by atoms with van der Waals surface area (Å²) in [5, 5.41) is 5.85. The Kier molecular flexibility index (Phi) is 6.54. The maximum atomic E-state index is 11.6. The standard InChI is InChI=1S/C12H22N4O2.ClH/c1-13-8-12(18)16-6-4-15(5-7-16)9-11(17)14-10-2-3-10;/h10,13H,2-9H2,1H3,(H,14,17);1H. The molecule has 2 rings (SSSR count). The molecule has 0 aromatic heterocycles. The quantitative estimate of drug-likeness (QED) is 0.685. The Balaban J connectivity index is 0.00000180. The first-order valence-electron chi connectivity index (χ1n) is 6.63. The van der Waals surface area contributed by atoms with Gasteiger partial charge < -0.3 is 15.5 Å². The summed E-state index contributed by atoms with van der Waals surface area (Å²) in [4.78, 5) is 27.2. The van der Waals surface area contributed by atoms with Crippen LogP contribution >= 0.6 is 12.4 Å². The summed E-state index contributed by atoms with van der Waals surface area (Å²) >= 11 is 0. The zero-order chi connectivity index (χ0) is 13.0. The van der Waals surface area contributed by atoms with Crippen LogP contribution in [0.25, 0.3) is 0 Å². The third kappa shape index (κ3) is 5.34. The third-order valence-electron chi connectivity index (χ3n) is 3.36. The van der Waals surface area contributed by atoms with Crippen LogP contribution in [0.4, 0.5) is 0 Å². The van der Waals surface area contributed by atoms with Crippen molar-refractivity contribution in [3.05, 3.63) is 0 Å². The lowest BCUT2D eigenvalue weighted by Gasteiger charge is -2.34. The molecule has 110 valence electrons. The van der Waals surface area contributed by atoms with Gasteiger partial charge in [0.05, 0.1) is 13.1 Å². The molecule has 2 amide bonds. The zero-order valence-electron chi connectivity index (χ0n) is 11.4. The Morgan fingerprint density at radius 1 is 1.16 bits per heavy atom. The fourth-order valence-corrected chi connectivity index (χ4v) is 2.12. The number of nitrogens with zero attached hydrogens (tertiary/aromatic N) is 2. The predicted molar refractivity (Wildman–Crippen MR) is 75.4 cm³/mol. The monoisotopic (exact) mass is 290 g/mol. The molecule has 0 atom stereocenters. The van der Waals surface area contributed by atoms with Crippen molar-refractivity contribution in [2.24, 2.45) is 0 Å². The Bertz CT molecular complexity index is 315. The van der Waals surface area contributed by atoms with Crippen LogP contribution in [0.3, 0.4) is 0 Å². The van der Waals surface area contributed by atoms with Gasteiger partial charge in [-0.3, -0.25) is 14.5 Å². The highest BCUT2D eigenvalue weighted by Gasteiger charge is 2.26. The van der Waals surface area contributed by atoms with Gasteiger partial charge in [-0.25, -0.2) is 0 Å². The number of piperazine rings is 1. The van der Waals surface area contributed by atoms with E-state index >= 15 is 0 Å². The van der Waals surface area contributed by atoms with Gasteiger partial charge in [0.2, 0.25) is 11.8 Å². The van der Waals surface area contributed by atoms with Crippen molar-refractivity contribution in [3.8, 4) is 0 Å². The van der Waals surface area contributed by atoms with E-state index in [1.165, 1.54) is 0 Å². The first kappa shape index (κ1) is 16.2. The van der Waals surface area contributed by atoms with Gasteiger partial charge in [-0.15, -0.1) is 12.4 Å². The van der Waals surface area contributed by atoms with Gasteiger partial charge in [-0.2, -0.15) is 0 Å². The van der Waals surface area contributed by atoms with E-state index in [-0.39, 0.29) is 24.2 Å². The molecule has 2 fully saturated rings. The van der Waals surface area contributed by atoms with Crippen molar-refractivity contribution in [1.29, 1.82) is 0 Å². The summed E-state index contributed by atoms with van der Waals surface area (Å²) in [5.74, 6) is 0.257. The molecule has 0 bridgehead atoms. The molecule has 19 heavy (non-hydrogen) atoms. The van der Waals surface area contributed by atoms with E-state index in [2.05, 4.69) is 15.5 Å². The highest BCUT2D eigenvalue weighted by atomic mass is 35.5. The van der Waals surface area contributed by atoms with Crippen molar-refractivity contribution in [2.75, 3.05) is 46.3 Å². The molecular formula is C12H23ClN4O2. The van der Waals surface area contributed by atoms with Crippen LogP contribution < -0.4 is 10.6 Å². The molecule has 0 aromatic rings. The molecular weight excluding hydrogens is 268 g/mol. The van der Waals surface area contributed by atoms with E-state index < -0.39 is 0 Å². The van der Waals surface area contributed by atoms with Crippen LogP contribution in [0.5, 0.6) is 0 Å². The largest absolute Gasteiger partial charge is 0.352 e. The Labute approximate surface area is 120 Å². The first-order chi connectivity index (χ1) is 8.69. The van der Waals surface area contributed by atoms with E-state index in [0.717, 1.165) is 39.0 Å². The number of halogens is 1. The Morgan fingerprint density at radius 2 is 1.79 bits per heavy atom. The number of hydrogen-bond donors (Lipinski definition) is 2. The molecule has 0 radical (unpaired) electrons. The van der Waals surface area contributed by atoms with Crippen molar-refractivity contribution < 1.29 is 9.59 Å². The van der Waals surface area contributed by atoms with E-state index in [1.807, 2.05) is 4.90 Å². The molecule has 1 aliphatic carbocycles. The number of nitrogens with one attached hydrogen (secondary N) is 2. The van der Waals surface area contributed by atoms with Crippen LogP contribution in [0.15, 0.2) is 0 Å². The second-order valence-electron chi connectivity index (χ2n) is 5.03. The summed E-state index contributed by atoms with van der Waals surface area (Å²) in [6, 6.07) is 0.427. The number of carbonyl (C=O) groups excluding carboxylic acids is 2. The maximum Gasteiger partial charge on any atom is 0.236 e. The molecule has 1 heterocycles. The fourth-order valence-electron chi connectivity index (χ4n) is 2.12. The molecule has 2 aliphatic rings. The van der Waals surface area contributed by atoms with Crippen molar-refractivity contribution >= 4 is 24.2 Å². The normalized spacial score (nSPS) is 19.7. The second kappa shape index (κ2) is 7.67. The van der Waals surface area contributed by atoms with E-state index in [1.54, 1.807) is 7.05 Å². The summed E-state index contributed by atoms with van der Waals surface area (Å²) < 4.78 is 0. The summed E-state index contributed by atoms with van der Waals surface area (Å²) in [5.41, 5.74) is 0. The van der Waals surface area contributed by atoms with E-state index in [4.69, 9.17) is 0 Å². The van der Waals surface area contributed by atoms with E-state index in [0.29, 0.717) is 19.1 Å². The summed E-state index contributed by atoms with van der Waals surface area (Å²) in [6.45, 7) is 3.86. The molecule has 0 spiro atoms. The fraction of sp³-hybridized carbons (Fsp3) is 0.833. The van der Waals surface area contributed by atoms with E-state index in [9.17, 15) is 9.59 Å². The smallest absolute Gasteiger partial charge is 0.236 e. The van der Waals surface area contributed by atoms with Crippen molar-refractivity contribution in [1.82, 2.24) is 20.4 Å². The third-order valence-corrected chi connectivity index (χ3v) is 3.36. The van der Waals surface area contributed by atoms with Crippen LogP contribution in [-0.2, 0) is 9.59 Å². The minimum absolute atomic E-state index is 0. The first-order valence-corrected chi connectivity index (χ1v) is 6.63. The molecule has 7 heteroatoms. The Hall–Kier alpha value is -0.850. The number of carbonyl (C=O) groups is 2. The molecule has 0 aromatic carbocycles. The lowest BCUT2D eigenvalue weighted by molar-refractivity contribution is -0.132. The highest BCUT2D eigenvalue weighted by molar-refractivity contribution is 5.85. The molecule has 1 saturated carbocycles. The van der Waals surface area contributed by atoms with Crippen LogP contribution in [0.1, 0.15) is 12.8 Å². The second-order valence-corrected chi connectivity index (χ2v) is 5.03. The van der Waals surface area contributed by atoms with Crippen molar-refractivity contribution in [2.45, 2.75) is 18.9 Å². The minimum Gasteiger partial charge on any atom is -0.352 e. The zero-order valence-corrected chi connectivity index (χ0v) is 12.2. The van der Waals surface area contributed by atoms with Crippen LogP contribution in [-0.4, -0.2) is 74.0 Å². The Morgan fingerprint density at radius 3 is 2.32 bits per heavy atom. The number of amides is 2. The lowest BCUT2D eigenvalue weighted by atomic mass is 10.3. The van der Waals surface area contributed by atoms with Crippen molar-refractivity contribution in [3.63, 3.8) is 0 Å². The predicted octanol–water partition coefficient (Wildman–Crippen LogP) is -0.950. The molecule has 1 saturated heterocycles. The number of hydrogen-bond acceptors (Lipinski definition) is 4. The van der Waals surface area contributed by atoms with Gasteiger partial charge in [0.1, 0.15) is 0 Å². The minimum atomic E-state index is 0. The topological polar surface area (TPSA) is 64.7 Å². The number of rotatable bonds is 5.